The molecule has 2 heterocycles. The summed E-state index contributed by atoms with van der Waals surface area (Å²) in [6, 6.07) is 10.3. The molecule has 2 nitrogen and oxygen atoms in total. The number of hydrogen-bond donors (Lipinski definition) is 1. The molecule has 1 aromatic rings. The number of hydrogen-bond acceptors (Lipinski definition) is 3. The van der Waals surface area contributed by atoms with E-state index in [2.05, 4.69) is 67.0 Å². The van der Waals surface area contributed by atoms with Gasteiger partial charge in [-0.1, -0.05) is 39.0 Å². The quantitative estimate of drug-likeness (QED) is 0.917. The van der Waals surface area contributed by atoms with Crippen molar-refractivity contribution in [2.75, 3.05) is 19.6 Å². The minimum absolute atomic E-state index is 0.654. The van der Waals surface area contributed by atoms with Crippen LogP contribution in [0.1, 0.15) is 32.8 Å². The van der Waals surface area contributed by atoms with Crippen LogP contribution in [0.3, 0.4) is 0 Å². The fourth-order valence-corrected chi connectivity index (χ4v) is 4.92. The van der Waals surface area contributed by atoms with Crippen LogP contribution >= 0.6 is 11.8 Å². The third kappa shape index (κ3) is 3.46. The molecular formula is C18H28N2S. The second-order valence-electron chi connectivity index (χ2n) is 6.83. The van der Waals surface area contributed by atoms with E-state index in [1.54, 1.807) is 5.56 Å². The lowest BCUT2D eigenvalue weighted by Gasteiger charge is -2.42. The van der Waals surface area contributed by atoms with Crippen LogP contribution < -0.4 is 5.32 Å². The predicted octanol–water partition coefficient (Wildman–Crippen LogP) is 3.41. The van der Waals surface area contributed by atoms with Crippen LogP contribution in [0.2, 0.25) is 0 Å². The van der Waals surface area contributed by atoms with E-state index >= 15 is 0 Å². The van der Waals surface area contributed by atoms with Crippen molar-refractivity contribution in [2.45, 2.75) is 55.8 Å². The molecule has 0 radical (unpaired) electrons. The maximum absolute atomic E-state index is 3.74. The number of fused-ring (bicyclic) bond motifs is 1. The Bertz CT molecular complexity index is 449. The number of piperazine rings is 1. The van der Waals surface area contributed by atoms with Crippen molar-refractivity contribution >= 4 is 11.8 Å². The first-order chi connectivity index (χ1) is 10.2. The van der Waals surface area contributed by atoms with Crippen molar-refractivity contribution in [3.8, 4) is 0 Å². The van der Waals surface area contributed by atoms with Crippen LogP contribution in [0.25, 0.3) is 0 Å². The molecule has 1 saturated heterocycles. The van der Waals surface area contributed by atoms with E-state index < -0.39 is 0 Å². The number of rotatable bonds is 4. The lowest BCUT2D eigenvalue weighted by atomic mass is 9.98. The van der Waals surface area contributed by atoms with E-state index in [0.29, 0.717) is 12.1 Å². The van der Waals surface area contributed by atoms with Gasteiger partial charge in [0.05, 0.1) is 0 Å². The van der Waals surface area contributed by atoms with Crippen LogP contribution in [-0.4, -0.2) is 41.9 Å². The molecule has 3 heteroatoms. The van der Waals surface area contributed by atoms with Gasteiger partial charge in [0.25, 0.3) is 0 Å². The van der Waals surface area contributed by atoms with Crippen molar-refractivity contribution in [1.82, 2.24) is 10.2 Å². The van der Waals surface area contributed by atoms with Crippen LogP contribution in [0.4, 0.5) is 0 Å². The molecule has 0 aromatic heterocycles. The molecule has 21 heavy (non-hydrogen) atoms. The summed E-state index contributed by atoms with van der Waals surface area (Å²) in [5, 5.41) is 4.48. The normalized spacial score (nSPS) is 29.8. The average Bonchev–Trinajstić information content (AvgIpc) is 2.89. The number of benzene rings is 1. The molecule has 0 saturated carbocycles. The zero-order valence-electron chi connectivity index (χ0n) is 13.5. The zero-order valence-corrected chi connectivity index (χ0v) is 14.3. The Balaban J connectivity index is 1.63. The van der Waals surface area contributed by atoms with Crippen LogP contribution in [0.15, 0.2) is 29.2 Å². The van der Waals surface area contributed by atoms with Gasteiger partial charge in [-0.2, -0.15) is 0 Å². The molecule has 0 amide bonds. The molecule has 116 valence electrons. The van der Waals surface area contributed by atoms with Crippen LogP contribution in [0.5, 0.6) is 0 Å². The number of nitrogens with one attached hydrogen (secondary N) is 1. The van der Waals surface area contributed by atoms with Crippen molar-refractivity contribution in [3.63, 3.8) is 0 Å². The third-order valence-corrected chi connectivity index (χ3v) is 6.29. The van der Waals surface area contributed by atoms with Gasteiger partial charge in [0.15, 0.2) is 0 Å². The van der Waals surface area contributed by atoms with E-state index in [1.807, 2.05) is 0 Å². The molecule has 2 aliphatic rings. The van der Waals surface area contributed by atoms with Gasteiger partial charge in [0, 0.05) is 41.9 Å². The number of thioether (sulfide) groups is 1. The molecule has 3 atom stereocenters. The Morgan fingerprint density at radius 1 is 1.33 bits per heavy atom. The Kier molecular flexibility index (Phi) is 4.92. The summed E-state index contributed by atoms with van der Waals surface area (Å²) in [5.74, 6) is 0.721. The molecular weight excluding hydrogens is 276 g/mol. The summed E-state index contributed by atoms with van der Waals surface area (Å²) < 4.78 is 0. The van der Waals surface area contributed by atoms with E-state index in [9.17, 15) is 0 Å². The van der Waals surface area contributed by atoms with Gasteiger partial charge in [0.2, 0.25) is 0 Å². The van der Waals surface area contributed by atoms with Gasteiger partial charge in [-0.05, 0) is 30.4 Å². The lowest BCUT2D eigenvalue weighted by molar-refractivity contribution is 0.111. The molecule has 1 N–H and O–H groups in total. The van der Waals surface area contributed by atoms with E-state index in [0.717, 1.165) is 17.7 Å². The van der Waals surface area contributed by atoms with Gasteiger partial charge in [0.1, 0.15) is 0 Å². The molecule has 0 bridgehead atoms. The molecule has 0 aliphatic carbocycles. The van der Waals surface area contributed by atoms with Crippen LogP contribution in [0, 0.1) is 5.92 Å². The monoisotopic (exact) mass is 304 g/mol. The van der Waals surface area contributed by atoms with Gasteiger partial charge in [-0.25, -0.2) is 0 Å². The van der Waals surface area contributed by atoms with E-state index in [1.165, 1.54) is 30.8 Å². The molecule has 0 spiro atoms. The standard InChI is InChI=1S/C18H28N2S/c1-4-15-10-19-17(13(2)3)12-20(15)11-16-9-14-7-5-6-8-18(14)21-16/h5-8,13,15-17,19H,4,9-12H2,1-3H3. The van der Waals surface area contributed by atoms with Gasteiger partial charge >= 0.3 is 0 Å². The summed E-state index contributed by atoms with van der Waals surface area (Å²) in [5.41, 5.74) is 1.55. The summed E-state index contributed by atoms with van der Waals surface area (Å²) in [6.07, 6.45) is 2.50. The highest BCUT2D eigenvalue weighted by molar-refractivity contribution is 8.00. The molecule has 3 unspecified atom stereocenters. The number of nitrogens with zero attached hydrogens (tertiary/aromatic N) is 1. The third-order valence-electron chi connectivity index (χ3n) is 4.99. The second kappa shape index (κ2) is 6.72. The lowest BCUT2D eigenvalue weighted by Crippen LogP contribution is -2.59. The minimum Gasteiger partial charge on any atom is -0.311 e. The Labute approximate surface area is 133 Å². The Hall–Kier alpha value is -0.510. The molecule has 3 rings (SSSR count). The van der Waals surface area contributed by atoms with Gasteiger partial charge in [-0.15, -0.1) is 11.8 Å². The van der Waals surface area contributed by atoms with Crippen LogP contribution in [-0.2, 0) is 6.42 Å². The van der Waals surface area contributed by atoms with Crippen molar-refractivity contribution < 1.29 is 0 Å². The summed E-state index contributed by atoms with van der Waals surface area (Å²) >= 11 is 2.09. The highest BCUT2D eigenvalue weighted by Crippen LogP contribution is 2.37. The fourth-order valence-electron chi connectivity index (χ4n) is 3.57. The largest absolute Gasteiger partial charge is 0.311 e. The van der Waals surface area contributed by atoms with E-state index in [-0.39, 0.29) is 0 Å². The predicted molar refractivity (Wildman–Crippen MR) is 92.1 cm³/mol. The van der Waals surface area contributed by atoms with Gasteiger partial charge in [-0.3, -0.25) is 4.90 Å². The van der Waals surface area contributed by atoms with Crippen molar-refractivity contribution in [1.29, 1.82) is 0 Å². The SMILES string of the molecule is CCC1CNC(C(C)C)CN1CC1Cc2ccccc2S1. The second-order valence-corrected chi connectivity index (χ2v) is 8.17. The zero-order chi connectivity index (χ0) is 14.8. The van der Waals surface area contributed by atoms with E-state index in [4.69, 9.17) is 0 Å². The fraction of sp³-hybridized carbons (Fsp3) is 0.667. The summed E-state index contributed by atoms with van der Waals surface area (Å²) in [6.45, 7) is 10.6. The Morgan fingerprint density at radius 2 is 2.14 bits per heavy atom. The Morgan fingerprint density at radius 3 is 2.86 bits per heavy atom. The van der Waals surface area contributed by atoms with Crippen molar-refractivity contribution in [3.05, 3.63) is 29.8 Å². The summed E-state index contributed by atoms with van der Waals surface area (Å²) in [4.78, 5) is 4.26. The van der Waals surface area contributed by atoms with Crippen molar-refractivity contribution in [2.24, 2.45) is 5.92 Å². The maximum atomic E-state index is 3.74. The molecule has 1 fully saturated rings. The maximum Gasteiger partial charge on any atom is 0.0263 e. The first kappa shape index (κ1) is 15.4. The first-order valence-electron chi connectivity index (χ1n) is 8.39. The van der Waals surface area contributed by atoms with Gasteiger partial charge < -0.3 is 5.32 Å². The molecule has 1 aromatic carbocycles. The first-order valence-corrected chi connectivity index (χ1v) is 9.27. The topological polar surface area (TPSA) is 15.3 Å². The highest BCUT2D eigenvalue weighted by atomic mass is 32.2. The average molecular weight is 305 g/mol. The molecule has 2 aliphatic heterocycles. The smallest absolute Gasteiger partial charge is 0.0263 e. The summed E-state index contributed by atoms with van der Waals surface area (Å²) in [7, 11) is 0. The highest BCUT2D eigenvalue weighted by Gasteiger charge is 2.31. The minimum atomic E-state index is 0.654.